The first kappa shape index (κ1) is 14.9. The van der Waals surface area contributed by atoms with Gasteiger partial charge in [-0.25, -0.2) is 4.68 Å². The molecule has 0 atom stereocenters. The summed E-state index contributed by atoms with van der Waals surface area (Å²) in [5.74, 6) is 0. The van der Waals surface area contributed by atoms with Gasteiger partial charge in [-0.1, -0.05) is 51.2 Å². The predicted molar refractivity (Wildman–Crippen MR) is 72.8 cm³/mol. The van der Waals surface area contributed by atoms with E-state index in [4.69, 9.17) is 0 Å². The van der Waals surface area contributed by atoms with E-state index in [0.29, 0.717) is 5.69 Å². The molecule has 0 aromatic carbocycles. The van der Waals surface area contributed by atoms with E-state index >= 15 is 0 Å². The third kappa shape index (κ3) is 4.59. The molecule has 0 saturated carbocycles. The van der Waals surface area contributed by atoms with Crippen molar-refractivity contribution >= 4 is 6.29 Å². The third-order valence-corrected chi connectivity index (χ3v) is 3.22. The molecule has 1 aromatic rings. The summed E-state index contributed by atoms with van der Waals surface area (Å²) >= 11 is 0. The van der Waals surface area contributed by atoms with Crippen molar-refractivity contribution in [3.63, 3.8) is 0 Å². The molecule has 0 N–H and O–H groups in total. The summed E-state index contributed by atoms with van der Waals surface area (Å²) in [6.45, 7) is 5.26. The van der Waals surface area contributed by atoms with E-state index in [9.17, 15) is 4.79 Å². The lowest BCUT2D eigenvalue weighted by atomic mass is 10.1. The Labute approximate surface area is 110 Å². The van der Waals surface area contributed by atoms with Crippen LogP contribution in [0.15, 0.2) is 0 Å². The maximum Gasteiger partial charge on any atom is 0.172 e. The number of unbranched alkanes of at least 4 members (excludes halogenated alkanes) is 5. The molecule has 18 heavy (non-hydrogen) atoms. The second kappa shape index (κ2) is 8.84. The van der Waals surface area contributed by atoms with E-state index in [-0.39, 0.29) is 0 Å². The minimum atomic E-state index is 0.525. The number of aldehydes is 1. The van der Waals surface area contributed by atoms with Crippen LogP contribution >= 0.6 is 0 Å². The number of aryl methyl sites for hydroxylation is 1. The van der Waals surface area contributed by atoms with Crippen LogP contribution in [0.2, 0.25) is 0 Å². The zero-order valence-corrected chi connectivity index (χ0v) is 11.7. The Morgan fingerprint density at radius 1 is 1.06 bits per heavy atom. The molecule has 0 saturated heterocycles. The standard InChI is InChI=1S/C14H25N3O/c1-3-5-7-8-9-11-17-14(10-6-4-2)13(12-18)15-16-17/h12H,3-11H2,1-2H3. The smallest absolute Gasteiger partial charge is 0.172 e. The third-order valence-electron chi connectivity index (χ3n) is 3.22. The molecular formula is C14H25N3O. The number of nitrogens with zero attached hydrogens (tertiary/aromatic N) is 3. The number of rotatable bonds is 10. The summed E-state index contributed by atoms with van der Waals surface area (Å²) in [7, 11) is 0. The Bertz CT molecular complexity index is 347. The molecule has 0 aliphatic rings. The molecule has 1 heterocycles. The normalized spacial score (nSPS) is 10.8. The van der Waals surface area contributed by atoms with Gasteiger partial charge in [-0.05, 0) is 19.3 Å². The van der Waals surface area contributed by atoms with Gasteiger partial charge >= 0.3 is 0 Å². The molecule has 1 aromatic heterocycles. The van der Waals surface area contributed by atoms with Crippen LogP contribution in [0, 0.1) is 0 Å². The van der Waals surface area contributed by atoms with Gasteiger partial charge in [-0.2, -0.15) is 0 Å². The van der Waals surface area contributed by atoms with Crippen LogP contribution in [-0.4, -0.2) is 21.3 Å². The maximum atomic E-state index is 10.9. The van der Waals surface area contributed by atoms with Crippen LogP contribution in [0.4, 0.5) is 0 Å². The summed E-state index contributed by atoms with van der Waals surface area (Å²) in [5, 5.41) is 8.04. The van der Waals surface area contributed by atoms with Crippen molar-refractivity contribution in [2.75, 3.05) is 0 Å². The highest BCUT2D eigenvalue weighted by Crippen LogP contribution is 2.10. The molecule has 0 bridgehead atoms. The van der Waals surface area contributed by atoms with E-state index in [0.717, 1.165) is 44.2 Å². The Kier molecular flexibility index (Phi) is 7.30. The van der Waals surface area contributed by atoms with E-state index in [2.05, 4.69) is 24.2 Å². The first-order valence-electron chi connectivity index (χ1n) is 7.21. The highest BCUT2D eigenvalue weighted by Gasteiger charge is 2.11. The Morgan fingerprint density at radius 2 is 1.78 bits per heavy atom. The lowest BCUT2D eigenvalue weighted by molar-refractivity contribution is 0.111. The lowest BCUT2D eigenvalue weighted by Crippen LogP contribution is -2.06. The van der Waals surface area contributed by atoms with Crippen molar-refractivity contribution in [1.29, 1.82) is 0 Å². The summed E-state index contributed by atoms with van der Waals surface area (Å²) < 4.78 is 1.92. The van der Waals surface area contributed by atoms with Crippen molar-refractivity contribution in [1.82, 2.24) is 15.0 Å². The lowest BCUT2D eigenvalue weighted by Gasteiger charge is -2.06. The second-order valence-electron chi connectivity index (χ2n) is 4.78. The van der Waals surface area contributed by atoms with E-state index in [1.54, 1.807) is 0 Å². The molecule has 4 heteroatoms. The van der Waals surface area contributed by atoms with Crippen LogP contribution in [-0.2, 0) is 13.0 Å². The largest absolute Gasteiger partial charge is 0.296 e. The van der Waals surface area contributed by atoms with Gasteiger partial charge in [-0.3, -0.25) is 4.79 Å². The number of hydrogen-bond acceptors (Lipinski definition) is 3. The highest BCUT2D eigenvalue weighted by atomic mass is 16.1. The van der Waals surface area contributed by atoms with Crippen LogP contribution in [0.25, 0.3) is 0 Å². The Balaban J connectivity index is 2.47. The molecule has 0 unspecified atom stereocenters. The summed E-state index contributed by atoms with van der Waals surface area (Å²) in [4.78, 5) is 10.9. The molecule has 0 fully saturated rings. The molecule has 102 valence electrons. The molecule has 1 rings (SSSR count). The topological polar surface area (TPSA) is 47.8 Å². The van der Waals surface area contributed by atoms with Gasteiger partial charge < -0.3 is 0 Å². The van der Waals surface area contributed by atoms with E-state index < -0.39 is 0 Å². The van der Waals surface area contributed by atoms with Gasteiger partial charge in [0.15, 0.2) is 6.29 Å². The first-order valence-corrected chi connectivity index (χ1v) is 7.21. The summed E-state index contributed by atoms with van der Waals surface area (Å²) in [6, 6.07) is 0. The molecular weight excluding hydrogens is 226 g/mol. The van der Waals surface area contributed by atoms with Crippen molar-refractivity contribution in [2.24, 2.45) is 0 Å². The van der Waals surface area contributed by atoms with Gasteiger partial charge in [0.05, 0.1) is 5.69 Å². The van der Waals surface area contributed by atoms with Crippen molar-refractivity contribution < 1.29 is 4.79 Å². The molecule has 0 spiro atoms. The summed E-state index contributed by atoms with van der Waals surface area (Å²) in [5.41, 5.74) is 1.54. The minimum absolute atomic E-state index is 0.525. The van der Waals surface area contributed by atoms with Gasteiger partial charge in [0.1, 0.15) is 5.69 Å². The van der Waals surface area contributed by atoms with Gasteiger partial charge in [0.2, 0.25) is 0 Å². The minimum Gasteiger partial charge on any atom is -0.296 e. The predicted octanol–water partition coefficient (Wildman–Crippen LogP) is 3.40. The highest BCUT2D eigenvalue weighted by molar-refractivity contribution is 5.73. The van der Waals surface area contributed by atoms with Crippen LogP contribution in [0.1, 0.15) is 75.0 Å². The monoisotopic (exact) mass is 251 g/mol. The molecule has 4 nitrogen and oxygen atoms in total. The zero-order chi connectivity index (χ0) is 13.2. The van der Waals surface area contributed by atoms with Gasteiger partial charge in [-0.15, -0.1) is 5.10 Å². The first-order chi connectivity index (χ1) is 8.83. The van der Waals surface area contributed by atoms with Gasteiger partial charge in [0, 0.05) is 6.54 Å². The second-order valence-corrected chi connectivity index (χ2v) is 4.78. The number of carbonyl (C=O) groups excluding carboxylic acids is 1. The van der Waals surface area contributed by atoms with Crippen molar-refractivity contribution in [3.05, 3.63) is 11.4 Å². The Morgan fingerprint density at radius 3 is 2.44 bits per heavy atom. The summed E-state index contributed by atoms with van der Waals surface area (Å²) in [6.07, 6.45) is 10.2. The molecule has 0 radical (unpaired) electrons. The quantitative estimate of drug-likeness (QED) is 0.473. The van der Waals surface area contributed by atoms with Crippen LogP contribution in [0.3, 0.4) is 0 Å². The number of hydrogen-bond donors (Lipinski definition) is 0. The average molecular weight is 251 g/mol. The zero-order valence-electron chi connectivity index (χ0n) is 11.7. The fourth-order valence-electron chi connectivity index (χ4n) is 2.08. The van der Waals surface area contributed by atoms with Crippen molar-refractivity contribution in [3.8, 4) is 0 Å². The van der Waals surface area contributed by atoms with Crippen LogP contribution in [0.5, 0.6) is 0 Å². The van der Waals surface area contributed by atoms with Gasteiger partial charge in [0.25, 0.3) is 0 Å². The SMILES string of the molecule is CCCCCCCn1nnc(C=O)c1CCCC. The van der Waals surface area contributed by atoms with Crippen LogP contribution < -0.4 is 0 Å². The van der Waals surface area contributed by atoms with Crippen molar-refractivity contribution in [2.45, 2.75) is 71.8 Å². The molecule has 0 amide bonds. The fourth-order valence-corrected chi connectivity index (χ4v) is 2.08. The average Bonchev–Trinajstić information content (AvgIpc) is 2.78. The molecule has 0 aliphatic heterocycles. The number of aromatic nitrogens is 3. The Hall–Kier alpha value is -1.19. The molecule has 0 aliphatic carbocycles. The fraction of sp³-hybridized carbons (Fsp3) is 0.786. The maximum absolute atomic E-state index is 10.9. The van der Waals surface area contributed by atoms with E-state index in [1.165, 1.54) is 25.7 Å². The number of carbonyl (C=O) groups is 1. The van der Waals surface area contributed by atoms with E-state index in [1.807, 2.05) is 4.68 Å².